The molecule has 2 aromatic rings. The van der Waals surface area contributed by atoms with E-state index < -0.39 is 6.10 Å². The third-order valence-corrected chi connectivity index (χ3v) is 3.46. The Morgan fingerprint density at radius 3 is 2.95 bits per heavy atom. The van der Waals surface area contributed by atoms with E-state index in [9.17, 15) is 5.11 Å². The Hall–Kier alpha value is -2.07. The molecule has 1 aliphatic heterocycles. The minimum Gasteiger partial charge on any atom is -0.491 e. The summed E-state index contributed by atoms with van der Waals surface area (Å²) in [7, 11) is 0. The summed E-state index contributed by atoms with van der Waals surface area (Å²) in [5.74, 6) is 1.67. The van der Waals surface area contributed by atoms with E-state index in [1.165, 1.54) is 0 Å². The summed E-state index contributed by atoms with van der Waals surface area (Å²) in [6.45, 7) is 3.29. The molecule has 1 aliphatic rings. The number of hydrogen-bond acceptors (Lipinski definition) is 4. The summed E-state index contributed by atoms with van der Waals surface area (Å²) < 4.78 is 5.77. The number of hydrogen-bond donors (Lipinski definition) is 1. The molecule has 0 saturated carbocycles. The first-order chi connectivity index (χ1) is 9.77. The molecular formula is C16H18N2O2. The minimum absolute atomic E-state index is 0.546. The van der Waals surface area contributed by atoms with Crippen molar-refractivity contribution in [3.05, 3.63) is 48.2 Å². The van der Waals surface area contributed by atoms with E-state index in [1.807, 2.05) is 36.4 Å². The number of fused-ring (bicyclic) bond motifs is 1. The highest BCUT2D eigenvalue weighted by Crippen LogP contribution is 2.37. The molecule has 1 N–H and O–H groups in total. The molecule has 20 heavy (non-hydrogen) atoms. The van der Waals surface area contributed by atoms with Crippen molar-refractivity contribution in [2.75, 3.05) is 18.1 Å². The molecule has 4 nitrogen and oxygen atoms in total. The Morgan fingerprint density at radius 2 is 2.10 bits per heavy atom. The molecule has 4 heteroatoms. The Balaban J connectivity index is 2.10. The smallest absolute Gasteiger partial charge is 0.142 e. The van der Waals surface area contributed by atoms with Crippen molar-refractivity contribution in [1.29, 1.82) is 0 Å². The van der Waals surface area contributed by atoms with Gasteiger partial charge in [-0.25, -0.2) is 4.98 Å². The molecule has 0 amide bonds. The van der Waals surface area contributed by atoms with E-state index in [2.05, 4.69) is 9.88 Å². The molecule has 0 radical (unpaired) electrons. The van der Waals surface area contributed by atoms with Gasteiger partial charge < -0.3 is 14.7 Å². The van der Waals surface area contributed by atoms with Crippen molar-refractivity contribution in [2.24, 2.45) is 0 Å². The Kier molecular flexibility index (Phi) is 3.56. The lowest BCUT2D eigenvalue weighted by Crippen LogP contribution is -2.21. The first-order valence-electron chi connectivity index (χ1n) is 6.89. The molecular weight excluding hydrogens is 252 g/mol. The number of aromatic nitrogens is 1. The number of para-hydroxylation sites is 2. The van der Waals surface area contributed by atoms with Crippen LogP contribution in [-0.4, -0.2) is 23.2 Å². The molecule has 104 valence electrons. The number of benzene rings is 1. The van der Waals surface area contributed by atoms with Crippen molar-refractivity contribution in [2.45, 2.75) is 19.4 Å². The summed E-state index contributed by atoms with van der Waals surface area (Å²) >= 11 is 0. The maximum absolute atomic E-state index is 9.96. The highest BCUT2D eigenvalue weighted by atomic mass is 16.5. The maximum atomic E-state index is 9.96. The summed E-state index contributed by atoms with van der Waals surface area (Å²) in [6.07, 6.45) is 2.13. The predicted octanol–water partition coefficient (Wildman–Crippen LogP) is 3.06. The topological polar surface area (TPSA) is 45.6 Å². The normalized spacial score (nSPS) is 16.0. The van der Waals surface area contributed by atoms with Crippen LogP contribution >= 0.6 is 0 Å². The van der Waals surface area contributed by atoms with Gasteiger partial charge in [0, 0.05) is 18.3 Å². The van der Waals surface area contributed by atoms with Gasteiger partial charge >= 0.3 is 0 Å². The quantitative estimate of drug-likeness (QED) is 0.911. The van der Waals surface area contributed by atoms with Crippen LogP contribution in [0, 0.1) is 0 Å². The van der Waals surface area contributed by atoms with Crippen LogP contribution in [0.1, 0.15) is 25.0 Å². The molecule has 0 saturated heterocycles. The fraction of sp³-hybridized carbons (Fsp3) is 0.312. The van der Waals surface area contributed by atoms with E-state index in [0.29, 0.717) is 6.61 Å². The van der Waals surface area contributed by atoms with E-state index in [1.54, 1.807) is 13.1 Å². The van der Waals surface area contributed by atoms with E-state index >= 15 is 0 Å². The average molecular weight is 270 g/mol. The van der Waals surface area contributed by atoms with Gasteiger partial charge in [0.15, 0.2) is 0 Å². The lowest BCUT2D eigenvalue weighted by Gasteiger charge is -2.25. The van der Waals surface area contributed by atoms with E-state index in [0.717, 1.165) is 35.8 Å². The molecule has 0 bridgehead atoms. The fourth-order valence-corrected chi connectivity index (χ4v) is 2.51. The van der Waals surface area contributed by atoms with E-state index in [4.69, 9.17) is 4.74 Å². The fourth-order valence-electron chi connectivity index (χ4n) is 2.51. The van der Waals surface area contributed by atoms with Gasteiger partial charge in [-0.05, 0) is 31.5 Å². The highest BCUT2D eigenvalue weighted by molar-refractivity contribution is 5.69. The monoisotopic (exact) mass is 270 g/mol. The second-order valence-corrected chi connectivity index (χ2v) is 4.91. The molecule has 3 rings (SSSR count). The first-order valence-corrected chi connectivity index (χ1v) is 6.89. The number of nitrogens with zero attached hydrogens (tertiary/aromatic N) is 2. The molecule has 1 aromatic heterocycles. The number of anilines is 2. The molecule has 1 atom stereocenters. The SMILES string of the molecule is CC(O)c1cccnc1N1CCCOc2ccccc21. The van der Waals surface area contributed by atoms with Gasteiger partial charge in [0.2, 0.25) is 0 Å². The van der Waals surface area contributed by atoms with Gasteiger partial charge in [-0.3, -0.25) is 0 Å². The van der Waals surface area contributed by atoms with Crippen LogP contribution in [0.2, 0.25) is 0 Å². The number of pyridine rings is 1. The maximum Gasteiger partial charge on any atom is 0.142 e. The van der Waals surface area contributed by atoms with Crippen LogP contribution in [0.4, 0.5) is 11.5 Å². The van der Waals surface area contributed by atoms with Gasteiger partial charge in [-0.1, -0.05) is 18.2 Å². The zero-order valence-corrected chi connectivity index (χ0v) is 11.5. The largest absolute Gasteiger partial charge is 0.491 e. The van der Waals surface area contributed by atoms with Crippen LogP contribution in [0.15, 0.2) is 42.6 Å². The van der Waals surface area contributed by atoms with Crippen LogP contribution in [0.5, 0.6) is 5.75 Å². The number of aliphatic hydroxyl groups excluding tert-OH is 1. The Bertz CT molecular complexity index is 599. The highest BCUT2D eigenvalue weighted by Gasteiger charge is 2.21. The number of ether oxygens (including phenoxy) is 1. The van der Waals surface area contributed by atoms with Crippen LogP contribution < -0.4 is 9.64 Å². The van der Waals surface area contributed by atoms with Crippen molar-refractivity contribution in [3.8, 4) is 5.75 Å². The molecule has 2 heterocycles. The van der Waals surface area contributed by atoms with E-state index in [-0.39, 0.29) is 0 Å². The second kappa shape index (κ2) is 5.51. The van der Waals surface area contributed by atoms with Crippen molar-refractivity contribution < 1.29 is 9.84 Å². The third kappa shape index (κ3) is 2.34. The first kappa shape index (κ1) is 12.9. The van der Waals surface area contributed by atoms with Gasteiger partial charge in [-0.2, -0.15) is 0 Å². The van der Waals surface area contributed by atoms with Gasteiger partial charge in [0.25, 0.3) is 0 Å². The zero-order valence-electron chi connectivity index (χ0n) is 11.5. The van der Waals surface area contributed by atoms with Gasteiger partial charge in [0.05, 0.1) is 18.4 Å². The van der Waals surface area contributed by atoms with Crippen molar-refractivity contribution >= 4 is 11.5 Å². The molecule has 0 spiro atoms. The summed E-state index contributed by atoms with van der Waals surface area (Å²) in [5.41, 5.74) is 1.84. The minimum atomic E-state index is -0.546. The molecule has 1 unspecified atom stereocenters. The van der Waals surface area contributed by atoms with Gasteiger partial charge in [0.1, 0.15) is 11.6 Å². The second-order valence-electron chi connectivity index (χ2n) is 4.91. The van der Waals surface area contributed by atoms with Crippen molar-refractivity contribution in [3.63, 3.8) is 0 Å². The van der Waals surface area contributed by atoms with Crippen LogP contribution in [0.3, 0.4) is 0 Å². The summed E-state index contributed by atoms with van der Waals surface area (Å²) in [6, 6.07) is 11.7. The predicted molar refractivity (Wildman–Crippen MR) is 78.4 cm³/mol. The third-order valence-electron chi connectivity index (χ3n) is 3.46. The Morgan fingerprint density at radius 1 is 1.25 bits per heavy atom. The molecule has 0 fully saturated rings. The number of aliphatic hydroxyl groups is 1. The average Bonchev–Trinajstić information content (AvgIpc) is 2.69. The van der Waals surface area contributed by atoms with Crippen LogP contribution in [0.25, 0.3) is 0 Å². The molecule has 1 aromatic carbocycles. The molecule has 0 aliphatic carbocycles. The van der Waals surface area contributed by atoms with Crippen LogP contribution in [-0.2, 0) is 0 Å². The lowest BCUT2D eigenvalue weighted by molar-refractivity contribution is 0.199. The zero-order chi connectivity index (χ0) is 13.9. The lowest BCUT2D eigenvalue weighted by atomic mass is 10.1. The number of rotatable bonds is 2. The summed E-state index contributed by atoms with van der Waals surface area (Å²) in [4.78, 5) is 6.60. The summed E-state index contributed by atoms with van der Waals surface area (Å²) in [5, 5.41) is 9.96. The van der Waals surface area contributed by atoms with Gasteiger partial charge in [-0.15, -0.1) is 0 Å². The van der Waals surface area contributed by atoms with Crippen molar-refractivity contribution in [1.82, 2.24) is 4.98 Å². The Labute approximate surface area is 118 Å². The standard InChI is InChI=1S/C16H18N2O2/c1-12(19)13-6-4-9-17-16(13)18-10-5-11-20-15-8-3-2-7-14(15)18/h2-4,6-9,12,19H,5,10-11H2,1H3.